The quantitative estimate of drug-likeness (QED) is 0.299. The summed E-state index contributed by atoms with van der Waals surface area (Å²) in [5, 5.41) is 0. The van der Waals surface area contributed by atoms with Crippen LogP contribution < -0.4 is 9.47 Å². The van der Waals surface area contributed by atoms with Gasteiger partial charge in [0.2, 0.25) is 0 Å². The number of hydrogen-bond acceptors (Lipinski definition) is 2. The molecule has 0 unspecified atom stereocenters. The SMILES string of the molecule is CCCc1ccc(OC(F)(F)c2ccc(OC(F)(F)c3c(F)cc(CC)cc3F)cc2)cc1. The first-order valence-corrected chi connectivity index (χ1v) is 10.4. The first-order chi connectivity index (χ1) is 15.6. The molecule has 0 fully saturated rings. The molecule has 0 aliphatic rings. The summed E-state index contributed by atoms with van der Waals surface area (Å²) < 4.78 is 95.2. The van der Waals surface area contributed by atoms with Crippen LogP contribution in [0.15, 0.2) is 60.7 Å². The average Bonchev–Trinajstić information content (AvgIpc) is 2.74. The highest BCUT2D eigenvalue weighted by Gasteiger charge is 2.41. The normalized spacial score (nSPS) is 12.0. The van der Waals surface area contributed by atoms with Crippen LogP contribution in [-0.2, 0) is 25.1 Å². The molecule has 0 aliphatic heterocycles. The molecule has 0 spiro atoms. The number of alkyl halides is 4. The van der Waals surface area contributed by atoms with Crippen molar-refractivity contribution in [2.75, 3.05) is 0 Å². The van der Waals surface area contributed by atoms with Gasteiger partial charge in [-0.3, -0.25) is 0 Å². The molecule has 0 saturated heterocycles. The van der Waals surface area contributed by atoms with Crippen molar-refractivity contribution in [3.05, 3.63) is 94.6 Å². The van der Waals surface area contributed by atoms with Crippen LogP contribution in [0.4, 0.5) is 26.3 Å². The molecule has 3 aromatic rings. The summed E-state index contributed by atoms with van der Waals surface area (Å²) in [6.07, 6.45) is -6.14. The smallest absolute Gasteiger partial charge is 0.429 e. The molecule has 0 bridgehead atoms. The van der Waals surface area contributed by atoms with E-state index >= 15 is 0 Å². The maximum atomic E-state index is 14.5. The van der Waals surface area contributed by atoms with E-state index < -0.39 is 40.7 Å². The minimum absolute atomic E-state index is 0.0619. The van der Waals surface area contributed by atoms with Crippen LogP contribution in [0.25, 0.3) is 0 Å². The molecule has 0 radical (unpaired) electrons. The molecule has 3 aromatic carbocycles. The molecular formula is C25H22F6O2. The lowest BCUT2D eigenvalue weighted by Crippen LogP contribution is -2.25. The van der Waals surface area contributed by atoms with E-state index in [9.17, 15) is 26.3 Å². The Bertz CT molecular complexity index is 1060. The van der Waals surface area contributed by atoms with Crippen molar-refractivity contribution in [3.63, 3.8) is 0 Å². The first-order valence-electron chi connectivity index (χ1n) is 10.4. The molecule has 0 atom stereocenters. The van der Waals surface area contributed by atoms with Crippen molar-refractivity contribution >= 4 is 0 Å². The van der Waals surface area contributed by atoms with Crippen LogP contribution in [0.5, 0.6) is 11.5 Å². The Hall–Kier alpha value is -3.16. The van der Waals surface area contributed by atoms with E-state index in [0.29, 0.717) is 0 Å². The number of halogens is 6. The van der Waals surface area contributed by atoms with Crippen LogP contribution >= 0.6 is 0 Å². The fourth-order valence-corrected chi connectivity index (χ4v) is 3.24. The summed E-state index contributed by atoms with van der Waals surface area (Å²) in [6, 6.07) is 11.2. The van der Waals surface area contributed by atoms with Gasteiger partial charge in [0.25, 0.3) is 0 Å². The van der Waals surface area contributed by atoms with Gasteiger partial charge in [0.15, 0.2) is 0 Å². The van der Waals surface area contributed by atoms with Crippen LogP contribution in [0.1, 0.15) is 42.5 Å². The Balaban J connectivity index is 1.75. The molecule has 176 valence electrons. The zero-order valence-corrected chi connectivity index (χ0v) is 18.0. The molecule has 2 nitrogen and oxygen atoms in total. The Labute approximate surface area is 187 Å². The van der Waals surface area contributed by atoms with E-state index in [4.69, 9.17) is 4.74 Å². The zero-order chi connectivity index (χ0) is 24.2. The van der Waals surface area contributed by atoms with Gasteiger partial charge in [0.1, 0.15) is 28.7 Å². The molecule has 0 heterocycles. The highest BCUT2D eigenvalue weighted by atomic mass is 19.3. The van der Waals surface area contributed by atoms with Crippen LogP contribution in [0.3, 0.4) is 0 Å². The minimum atomic E-state index is -4.36. The summed E-state index contributed by atoms with van der Waals surface area (Å²) in [5.74, 6) is -3.54. The van der Waals surface area contributed by atoms with E-state index in [1.807, 2.05) is 6.92 Å². The van der Waals surface area contributed by atoms with Crippen molar-refractivity contribution < 1.29 is 35.8 Å². The maximum Gasteiger partial charge on any atom is 0.432 e. The fraction of sp³-hybridized carbons (Fsp3) is 0.280. The lowest BCUT2D eigenvalue weighted by molar-refractivity contribution is -0.190. The third-order valence-electron chi connectivity index (χ3n) is 4.95. The monoisotopic (exact) mass is 468 g/mol. The molecule has 33 heavy (non-hydrogen) atoms. The lowest BCUT2D eigenvalue weighted by atomic mass is 10.1. The number of benzene rings is 3. The summed E-state index contributed by atoms with van der Waals surface area (Å²) >= 11 is 0. The number of rotatable bonds is 9. The van der Waals surface area contributed by atoms with Gasteiger partial charge in [0.05, 0.1) is 5.56 Å². The maximum absolute atomic E-state index is 14.5. The average molecular weight is 468 g/mol. The molecule has 0 aliphatic carbocycles. The van der Waals surface area contributed by atoms with E-state index in [2.05, 4.69) is 4.74 Å². The second-order valence-electron chi connectivity index (χ2n) is 7.44. The summed E-state index contributed by atoms with van der Waals surface area (Å²) in [6.45, 7) is 3.61. The third kappa shape index (κ3) is 5.80. The summed E-state index contributed by atoms with van der Waals surface area (Å²) in [4.78, 5) is 0. The summed E-state index contributed by atoms with van der Waals surface area (Å²) in [7, 11) is 0. The van der Waals surface area contributed by atoms with E-state index in [-0.39, 0.29) is 17.7 Å². The predicted octanol–water partition coefficient (Wildman–Crippen LogP) is 7.74. The van der Waals surface area contributed by atoms with Gasteiger partial charge in [-0.1, -0.05) is 32.4 Å². The highest BCUT2D eigenvalue weighted by molar-refractivity contribution is 5.34. The van der Waals surface area contributed by atoms with Gasteiger partial charge in [0, 0.05) is 0 Å². The number of hydrogen-bond donors (Lipinski definition) is 0. The van der Waals surface area contributed by atoms with Crippen LogP contribution in [0.2, 0.25) is 0 Å². The standard InChI is InChI=1S/C25H22F6O2/c1-3-5-17-6-10-19(11-7-17)32-24(28,29)18-8-12-20(13-9-18)33-25(30,31)23-21(26)14-16(4-2)15-22(23)27/h6-15H,3-5H2,1-2H3. The lowest BCUT2D eigenvalue weighted by Gasteiger charge is -2.21. The second kappa shape index (κ2) is 9.77. The van der Waals surface area contributed by atoms with Gasteiger partial charge in [-0.25, -0.2) is 8.78 Å². The minimum Gasteiger partial charge on any atom is -0.429 e. The Kier molecular flexibility index (Phi) is 7.25. The molecule has 3 rings (SSSR count). The van der Waals surface area contributed by atoms with Crippen molar-refractivity contribution in [1.29, 1.82) is 0 Å². The molecule has 0 aromatic heterocycles. The second-order valence-corrected chi connectivity index (χ2v) is 7.44. The van der Waals surface area contributed by atoms with Crippen molar-refractivity contribution in [2.24, 2.45) is 0 Å². The Morgan fingerprint density at radius 3 is 1.64 bits per heavy atom. The fourth-order valence-electron chi connectivity index (χ4n) is 3.24. The highest BCUT2D eigenvalue weighted by Crippen LogP contribution is 2.37. The predicted molar refractivity (Wildman–Crippen MR) is 112 cm³/mol. The molecular weight excluding hydrogens is 446 g/mol. The number of aryl methyl sites for hydroxylation is 2. The third-order valence-corrected chi connectivity index (χ3v) is 4.95. The largest absolute Gasteiger partial charge is 0.432 e. The van der Waals surface area contributed by atoms with Crippen LogP contribution in [0, 0.1) is 11.6 Å². The van der Waals surface area contributed by atoms with Crippen molar-refractivity contribution in [2.45, 2.75) is 45.3 Å². The molecule has 0 amide bonds. The molecule has 0 saturated carbocycles. The van der Waals surface area contributed by atoms with Gasteiger partial charge in [-0.05, 0) is 72.5 Å². The Morgan fingerprint density at radius 2 is 1.15 bits per heavy atom. The van der Waals surface area contributed by atoms with Gasteiger partial charge < -0.3 is 9.47 Å². The van der Waals surface area contributed by atoms with E-state index in [1.54, 1.807) is 19.1 Å². The van der Waals surface area contributed by atoms with Crippen molar-refractivity contribution in [3.8, 4) is 11.5 Å². The van der Waals surface area contributed by atoms with E-state index in [1.165, 1.54) is 12.1 Å². The van der Waals surface area contributed by atoms with Gasteiger partial charge >= 0.3 is 12.2 Å². The van der Waals surface area contributed by atoms with Gasteiger partial charge in [-0.2, -0.15) is 17.6 Å². The topological polar surface area (TPSA) is 18.5 Å². The van der Waals surface area contributed by atoms with Gasteiger partial charge in [-0.15, -0.1) is 0 Å². The van der Waals surface area contributed by atoms with E-state index in [0.717, 1.165) is 54.8 Å². The number of ether oxygens (including phenoxy) is 2. The zero-order valence-electron chi connectivity index (χ0n) is 18.0. The molecule has 0 N–H and O–H groups in total. The van der Waals surface area contributed by atoms with Crippen LogP contribution in [-0.4, -0.2) is 0 Å². The molecule has 8 heteroatoms. The summed E-state index contributed by atoms with van der Waals surface area (Å²) in [5.41, 5.74) is -0.978. The first kappa shape index (κ1) is 24.5. The van der Waals surface area contributed by atoms with Crippen molar-refractivity contribution in [1.82, 2.24) is 0 Å². The Morgan fingerprint density at radius 1 is 0.667 bits per heavy atom.